The number of rotatable bonds is 2. The predicted molar refractivity (Wildman–Crippen MR) is 45.5 cm³/mol. The molecule has 1 amide bonds. The largest absolute Gasteiger partial charge is 0.471 e. The summed E-state index contributed by atoms with van der Waals surface area (Å²) in [5.41, 5.74) is -0.835. The fraction of sp³-hybridized carbons (Fsp3) is 0.143. The van der Waals surface area contributed by atoms with Crippen molar-refractivity contribution in [1.82, 2.24) is 4.98 Å². The zero-order valence-corrected chi connectivity index (χ0v) is 7.79. The molecule has 0 bridgehead atoms. The summed E-state index contributed by atoms with van der Waals surface area (Å²) < 4.78 is 48.1. The van der Waals surface area contributed by atoms with Gasteiger partial charge in [-0.15, -0.1) is 0 Å². The minimum absolute atomic E-state index is 0.582. The molecule has 1 heterocycles. The van der Waals surface area contributed by atoms with Crippen LogP contribution in [0.3, 0.4) is 0 Å². The first-order valence-corrected chi connectivity index (χ1v) is 3.91. The number of alkyl halides is 3. The number of amides is 1. The number of nitro groups is 1. The first-order chi connectivity index (χ1) is 7.71. The van der Waals surface area contributed by atoms with Crippen LogP contribution in [-0.4, -0.2) is 22.0 Å². The van der Waals surface area contributed by atoms with E-state index in [9.17, 15) is 32.5 Å². The lowest BCUT2D eigenvalue weighted by Crippen LogP contribution is -2.30. The lowest BCUT2D eigenvalue weighted by molar-refractivity contribution is -0.388. The first kappa shape index (κ1) is 12.8. The van der Waals surface area contributed by atoms with Crippen LogP contribution in [0.1, 0.15) is 0 Å². The van der Waals surface area contributed by atoms with Crippen LogP contribution in [0, 0.1) is 16.1 Å². The highest BCUT2D eigenvalue weighted by Gasteiger charge is 2.39. The summed E-state index contributed by atoms with van der Waals surface area (Å²) >= 11 is 0. The van der Waals surface area contributed by atoms with E-state index >= 15 is 0 Å². The Morgan fingerprint density at radius 3 is 2.47 bits per heavy atom. The fourth-order valence-corrected chi connectivity index (χ4v) is 0.855. The summed E-state index contributed by atoms with van der Waals surface area (Å²) in [5.74, 6) is -4.86. The molecule has 0 aliphatic rings. The maximum Gasteiger partial charge on any atom is 0.471 e. The highest BCUT2D eigenvalue weighted by atomic mass is 19.4. The van der Waals surface area contributed by atoms with Crippen molar-refractivity contribution in [2.24, 2.45) is 0 Å². The second-order valence-electron chi connectivity index (χ2n) is 2.71. The van der Waals surface area contributed by atoms with Gasteiger partial charge in [-0.25, -0.2) is 0 Å². The summed E-state index contributed by atoms with van der Waals surface area (Å²) in [6.07, 6.45) is -5.21. The Morgan fingerprint density at radius 2 is 2.00 bits per heavy atom. The van der Waals surface area contributed by atoms with E-state index in [0.29, 0.717) is 12.1 Å². The standard InChI is InChI=1S/C7H3F4N3O3/c8-4-2-1-3(5(13-4)14(16)17)12-6(15)7(9,10)11/h1-2H,(H,12,15). The van der Waals surface area contributed by atoms with Gasteiger partial charge in [0.05, 0.1) is 0 Å². The lowest BCUT2D eigenvalue weighted by atomic mass is 10.3. The summed E-state index contributed by atoms with van der Waals surface area (Å²) in [6, 6.07) is 1.20. The van der Waals surface area contributed by atoms with Crippen molar-refractivity contribution >= 4 is 17.4 Å². The number of carbonyl (C=O) groups excluding carboxylic acids is 1. The van der Waals surface area contributed by atoms with Gasteiger partial charge in [-0.05, 0) is 16.0 Å². The van der Waals surface area contributed by atoms with Crippen molar-refractivity contribution < 1.29 is 27.3 Å². The Labute approximate surface area is 90.4 Å². The van der Waals surface area contributed by atoms with Crippen molar-refractivity contribution in [2.75, 3.05) is 5.32 Å². The average Bonchev–Trinajstić information content (AvgIpc) is 2.18. The van der Waals surface area contributed by atoms with Crippen LogP contribution in [0.15, 0.2) is 12.1 Å². The van der Waals surface area contributed by atoms with E-state index in [4.69, 9.17) is 0 Å². The molecule has 92 valence electrons. The van der Waals surface area contributed by atoms with Crippen LogP contribution in [0.4, 0.5) is 29.1 Å². The smallest absolute Gasteiger partial charge is 0.358 e. The molecular formula is C7H3F4N3O3. The van der Waals surface area contributed by atoms with Crippen LogP contribution >= 0.6 is 0 Å². The van der Waals surface area contributed by atoms with Crippen molar-refractivity contribution in [2.45, 2.75) is 6.18 Å². The van der Waals surface area contributed by atoms with Crippen molar-refractivity contribution in [3.63, 3.8) is 0 Å². The van der Waals surface area contributed by atoms with Crippen LogP contribution in [-0.2, 0) is 4.79 Å². The predicted octanol–water partition coefficient (Wildman–Crippen LogP) is 1.63. The molecule has 1 aromatic rings. The Bertz CT molecular complexity index is 474. The van der Waals surface area contributed by atoms with E-state index in [1.807, 2.05) is 0 Å². The molecule has 6 nitrogen and oxygen atoms in total. The number of hydrogen-bond donors (Lipinski definition) is 1. The summed E-state index contributed by atoms with van der Waals surface area (Å²) in [7, 11) is 0. The number of halogens is 4. The molecule has 0 aromatic carbocycles. The minimum atomic E-state index is -5.21. The van der Waals surface area contributed by atoms with Gasteiger partial charge < -0.3 is 15.4 Å². The molecule has 0 aliphatic carbocycles. The number of carbonyl (C=O) groups is 1. The van der Waals surface area contributed by atoms with Crippen molar-refractivity contribution in [1.29, 1.82) is 0 Å². The Kier molecular flexibility index (Phi) is 3.25. The highest BCUT2D eigenvalue weighted by Crippen LogP contribution is 2.24. The molecule has 0 saturated heterocycles. The number of anilines is 1. The van der Waals surface area contributed by atoms with Crippen molar-refractivity contribution in [3.8, 4) is 0 Å². The zero-order valence-electron chi connectivity index (χ0n) is 7.79. The molecule has 0 spiro atoms. The first-order valence-electron chi connectivity index (χ1n) is 3.91. The quantitative estimate of drug-likeness (QED) is 0.375. The van der Waals surface area contributed by atoms with Crippen LogP contribution in [0.2, 0.25) is 0 Å². The van der Waals surface area contributed by atoms with Crippen molar-refractivity contribution in [3.05, 3.63) is 28.2 Å². The number of pyridine rings is 1. The third-order valence-electron chi connectivity index (χ3n) is 1.52. The SMILES string of the molecule is O=C(Nc1ccc(F)nc1[N+](=O)[O-])C(F)(F)F. The van der Waals surface area contributed by atoms with Gasteiger partial charge in [-0.3, -0.25) is 4.79 Å². The summed E-state index contributed by atoms with van der Waals surface area (Å²) in [5, 5.41) is 11.6. The second kappa shape index (κ2) is 4.31. The third-order valence-corrected chi connectivity index (χ3v) is 1.52. The monoisotopic (exact) mass is 253 g/mol. The van der Waals surface area contributed by atoms with E-state index in [1.165, 1.54) is 5.32 Å². The molecule has 0 saturated carbocycles. The molecule has 17 heavy (non-hydrogen) atoms. The van der Waals surface area contributed by atoms with Crippen LogP contribution < -0.4 is 5.32 Å². The number of aromatic nitrogens is 1. The maximum absolute atomic E-state index is 12.5. The molecule has 1 aromatic heterocycles. The molecule has 0 unspecified atom stereocenters. The topological polar surface area (TPSA) is 85.1 Å². The lowest BCUT2D eigenvalue weighted by Gasteiger charge is -2.07. The molecule has 0 radical (unpaired) electrons. The van der Waals surface area contributed by atoms with Gasteiger partial charge >= 0.3 is 23.8 Å². The van der Waals surface area contributed by atoms with E-state index < -0.39 is 34.5 Å². The van der Waals surface area contributed by atoms with Gasteiger partial charge in [0.1, 0.15) is 5.69 Å². The van der Waals surface area contributed by atoms with E-state index in [1.54, 1.807) is 0 Å². The van der Waals surface area contributed by atoms with Gasteiger partial charge in [0.25, 0.3) is 0 Å². The van der Waals surface area contributed by atoms with Gasteiger partial charge in [-0.2, -0.15) is 17.6 Å². The number of nitrogens with one attached hydrogen (secondary N) is 1. The normalized spacial score (nSPS) is 11.1. The molecular weight excluding hydrogens is 250 g/mol. The molecule has 0 aliphatic heterocycles. The number of nitrogens with zero attached hydrogens (tertiary/aromatic N) is 2. The Morgan fingerprint density at radius 1 is 1.41 bits per heavy atom. The van der Waals surface area contributed by atoms with E-state index in [2.05, 4.69) is 4.98 Å². The molecule has 1 rings (SSSR count). The van der Waals surface area contributed by atoms with Crippen LogP contribution in [0.5, 0.6) is 0 Å². The van der Waals surface area contributed by atoms with E-state index in [-0.39, 0.29) is 0 Å². The summed E-state index contributed by atoms with van der Waals surface area (Å²) in [4.78, 5) is 22.4. The van der Waals surface area contributed by atoms with Gasteiger partial charge in [-0.1, -0.05) is 0 Å². The van der Waals surface area contributed by atoms with E-state index in [0.717, 1.165) is 0 Å². The number of hydrogen-bond acceptors (Lipinski definition) is 4. The van der Waals surface area contributed by atoms with Gasteiger partial charge in [0, 0.05) is 6.07 Å². The second-order valence-corrected chi connectivity index (χ2v) is 2.71. The molecule has 0 atom stereocenters. The fourth-order valence-electron chi connectivity index (χ4n) is 0.855. The average molecular weight is 253 g/mol. The molecule has 1 N–H and O–H groups in total. The minimum Gasteiger partial charge on any atom is -0.358 e. The highest BCUT2D eigenvalue weighted by molar-refractivity contribution is 5.96. The Balaban J connectivity index is 3.07. The Hall–Kier alpha value is -2.26. The summed E-state index contributed by atoms with van der Waals surface area (Å²) in [6.45, 7) is 0. The zero-order chi connectivity index (χ0) is 13.2. The van der Waals surface area contributed by atoms with Gasteiger partial charge in [0.15, 0.2) is 0 Å². The molecule has 10 heteroatoms. The maximum atomic E-state index is 12.5. The third kappa shape index (κ3) is 3.09. The van der Waals surface area contributed by atoms with Crippen LogP contribution in [0.25, 0.3) is 0 Å². The van der Waals surface area contributed by atoms with Gasteiger partial charge in [0.2, 0.25) is 0 Å². The molecule has 0 fully saturated rings.